The van der Waals surface area contributed by atoms with Crippen LogP contribution in [0.25, 0.3) is 21.8 Å². The van der Waals surface area contributed by atoms with Crippen LogP contribution in [-0.4, -0.2) is 63.2 Å². The molecule has 0 spiro atoms. The molecule has 3 heterocycles. The number of benzene rings is 3. The molecule has 3 fully saturated rings. The Morgan fingerprint density at radius 3 is 1.94 bits per heavy atom. The van der Waals surface area contributed by atoms with Crippen molar-refractivity contribution in [2.45, 2.75) is 0 Å². The Balaban J connectivity index is 1.04. The number of aromatic nitrogens is 3. The number of amides is 2. The molecule has 1 N–H and O–H groups in total. The Kier molecular flexibility index (Phi) is 4.25. The molecule has 0 unspecified atom stereocenters. The summed E-state index contributed by atoms with van der Waals surface area (Å²) in [5.41, 5.74) is 3.40. The summed E-state index contributed by atoms with van der Waals surface area (Å²) in [6, 6.07) is 18.8. The lowest BCUT2D eigenvalue weighted by Gasteiger charge is -2.42. The number of rotatable bonds is 2. The number of nitriles is 1. The standard InChI is InChI=1S/C27H22N6O2/c28-10-15-1-2-17-8-18(4-3-16(17)7-15)26(34)32-11-20-21(12-32)23-14-33(13-22(20)23)27(35)19-5-6-24-25(9-19)30-31-29-24/h1-9,20-23H,11-14H2,(H,29,30,31)/t20-,21+,22+,23-. The largest absolute Gasteiger partial charge is 0.338 e. The predicted molar refractivity (Wildman–Crippen MR) is 128 cm³/mol. The third kappa shape index (κ3) is 3.04. The lowest BCUT2D eigenvalue weighted by molar-refractivity contribution is 0.0629. The van der Waals surface area contributed by atoms with Gasteiger partial charge in [0.1, 0.15) is 11.0 Å². The van der Waals surface area contributed by atoms with E-state index < -0.39 is 0 Å². The van der Waals surface area contributed by atoms with E-state index in [1.807, 2.05) is 52.3 Å². The summed E-state index contributed by atoms with van der Waals surface area (Å²) in [5.74, 6) is 1.94. The van der Waals surface area contributed by atoms with Gasteiger partial charge in [-0.05, 0) is 76.9 Å². The molecule has 0 radical (unpaired) electrons. The maximum Gasteiger partial charge on any atom is 0.253 e. The summed E-state index contributed by atoms with van der Waals surface area (Å²) in [4.78, 5) is 30.4. The van der Waals surface area contributed by atoms with Crippen LogP contribution >= 0.6 is 0 Å². The van der Waals surface area contributed by atoms with E-state index in [4.69, 9.17) is 5.26 Å². The number of aromatic amines is 1. The van der Waals surface area contributed by atoms with Crippen molar-refractivity contribution in [1.29, 1.82) is 5.26 Å². The topological polar surface area (TPSA) is 106 Å². The molecule has 1 aliphatic carbocycles. The Hall–Kier alpha value is -4.25. The van der Waals surface area contributed by atoms with Gasteiger partial charge in [0.05, 0.1) is 11.6 Å². The molecule has 2 amide bonds. The number of likely N-dealkylation sites (tertiary alicyclic amines) is 2. The molecule has 3 aliphatic rings. The summed E-state index contributed by atoms with van der Waals surface area (Å²) in [7, 11) is 0. The van der Waals surface area contributed by atoms with Crippen LogP contribution in [0.3, 0.4) is 0 Å². The minimum absolute atomic E-state index is 0.0472. The molecule has 4 atom stereocenters. The second-order valence-corrected chi connectivity index (χ2v) is 9.99. The van der Waals surface area contributed by atoms with E-state index in [0.29, 0.717) is 45.9 Å². The number of hydrogen-bond donors (Lipinski definition) is 1. The lowest BCUT2D eigenvalue weighted by Crippen LogP contribution is -2.44. The molecular weight excluding hydrogens is 440 g/mol. The minimum Gasteiger partial charge on any atom is -0.338 e. The first-order chi connectivity index (χ1) is 17.1. The highest BCUT2D eigenvalue weighted by Crippen LogP contribution is 2.54. The Morgan fingerprint density at radius 2 is 1.29 bits per heavy atom. The van der Waals surface area contributed by atoms with Crippen molar-refractivity contribution in [1.82, 2.24) is 25.2 Å². The molecule has 8 heteroatoms. The third-order valence-corrected chi connectivity index (χ3v) is 8.28. The van der Waals surface area contributed by atoms with Crippen LogP contribution < -0.4 is 0 Å². The summed E-state index contributed by atoms with van der Waals surface area (Å²) >= 11 is 0. The minimum atomic E-state index is 0.0472. The summed E-state index contributed by atoms with van der Waals surface area (Å²) < 4.78 is 0. The Bertz CT molecular complexity index is 1550. The van der Waals surface area contributed by atoms with E-state index in [1.54, 1.807) is 12.1 Å². The van der Waals surface area contributed by atoms with E-state index >= 15 is 0 Å². The van der Waals surface area contributed by atoms with Gasteiger partial charge in [-0.2, -0.15) is 20.7 Å². The molecule has 1 saturated carbocycles. The van der Waals surface area contributed by atoms with Gasteiger partial charge < -0.3 is 9.80 Å². The highest BCUT2D eigenvalue weighted by atomic mass is 16.2. The SMILES string of the molecule is N#Cc1ccc2cc(C(=O)N3C[C@@H]4[C@H](C3)[C@H]3CN(C(=O)c5ccc6n[nH]nc6c5)C[C@@H]43)ccc2c1. The molecule has 7 rings (SSSR count). The molecule has 3 aromatic carbocycles. The van der Waals surface area contributed by atoms with Crippen LogP contribution in [0.1, 0.15) is 26.3 Å². The van der Waals surface area contributed by atoms with Crippen molar-refractivity contribution >= 4 is 33.6 Å². The maximum absolute atomic E-state index is 13.3. The quantitative estimate of drug-likeness (QED) is 0.493. The Morgan fingerprint density at radius 1 is 0.743 bits per heavy atom. The Labute approximate surface area is 201 Å². The molecule has 2 aliphatic heterocycles. The molecule has 8 nitrogen and oxygen atoms in total. The van der Waals surface area contributed by atoms with Gasteiger partial charge in [-0.15, -0.1) is 0 Å². The first-order valence-electron chi connectivity index (χ1n) is 11.9. The van der Waals surface area contributed by atoms with Crippen LogP contribution in [0, 0.1) is 35.0 Å². The van der Waals surface area contributed by atoms with E-state index in [-0.39, 0.29) is 11.8 Å². The number of carbonyl (C=O) groups excluding carboxylic acids is 2. The third-order valence-electron chi connectivity index (χ3n) is 8.28. The molecular formula is C27H22N6O2. The summed E-state index contributed by atoms with van der Waals surface area (Å²) in [6.07, 6.45) is 0. The van der Waals surface area contributed by atoms with Crippen LogP contribution in [-0.2, 0) is 0 Å². The molecule has 2 saturated heterocycles. The maximum atomic E-state index is 13.3. The second kappa shape index (κ2) is 7.37. The van der Waals surface area contributed by atoms with Crippen molar-refractivity contribution in [2.24, 2.45) is 23.7 Å². The number of H-pyrrole nitrogens is 1. The fourth-order valence-electron chi connectivity index (χ4n) is 6.49. The number of nitrogens with zero attached hydrogens (tertiary/aromatic N) is 5. The van der Waals surface area contributed by atoms with Crippen LogP contribution in [0.4, 0.5) is 0 Å². The highest BCUT2D eigenvalue weighted by Gasteiger charge is 2.59. The number of nitrogens with one attached hydrogen (secondary N) is 1. The second-order valence-electron chi connectivity index (χ2n) is 9.99. The van der Waals surface area contributed by atoms with Gasteiger partial charge in [0.25, 0.3) is 11.8 Å². The zero-order valence-electron chi connectivity index (χ0n) is 18.9. The van der Waals surface area contributed by atoms with Crippen LogP contribution in [0.15, 0.2) is 54.6 Å². The fraction of sp³-hybridized carbons (Fsp3) is 0.296. The lowest BCUT2D eigenvalue weighted by atomic mass is 9.60. The number of fused-ring (bicyclic) bond motifs is 6. The van der Waals surface area contributed by atoms with Gasteiger partial charge >= 0.3 is 0 Å². The van der Waals surface area contributed by atoms with E-state index in [9.17, 15) is 9.59 Å². The first-order valence-corrected chi connectivity index (χ1v) is 11.9. The zero-order chi connectivity index (χ0) is 23.7. The van der Waals surface area contributed by atoms with Crippen LogP contribution in [0.2, 0.25) is 0 Å². The number of carbonyl (C=O) groups is 2. The van der Waals surface area contributed by atoms with Gasteiger partial charge in [0, 0.05) is 37.3 Å². The fourth-order valence-corrected chi connectivity index (χ4v) is 6.49. The van der Waals surface area contributed by atoms with Gasteiger partial charge in [-0.1, -0.05) is 12.1 Å². The zero-order valence-corrected chi connectivity index (χ0v) is 18.9. The van der Waals surface area contributed by atoms with Crippen LogP contribution in [0.5, 0.6) is 0 Å². The van der Waals surface area contributed by atoms with Crippen molar-refractivity contribution in [3.05, 3.63) is 71.3 Å². The van der Waals surface area contributed by atoms with E-state index in [2.05, 4.69) is 21.5 Å². The molecule has 172 valence electrons. The van der Waals surface area contributed by atoms with Gasteiger partial charge in [0.2, 0.25) is 0 Å². The monoisotopic (exact) mass is 462 g/mol. The molecule has 4 aromatic rings. The average molecular weight is 463 g/mol. The van der Waals surface area contributed by atoms with E-state index in [0.717, 1.165) is 42.5 Å². The smallest absolute Gasteiger partial charge is 0.253 e. The summed E-state index contributed by atoms with van der Waals surface area (Å²) in [6.45, 7) is 3.01. The van der Waals surface area contributed by atoms with E-state index in [1.165, 1.54) is 0 Å². The van der Waals surface area contributed by atoms with Crippen molar-refractivity contribution in [3.8, 4) is 6.07 Å². The van der Waals surface area contributed by atoms with Gasteiger partial charge in [-0.25, -0.2) is 0 Å². The van der Waals surface area contributed by atoms with Crippen molar-refractivity contribution in [3.63, 3.8) is 0 Å². The highest BCUT2D eigenvalue weighted by molar-refractivity contribution is 5.99. The number of hydrogen-bond acceptors (Lipinski definition) is 5. The predicted octanol–water partition coefficient (Wildman–Crippen LogP) is 3.07. The normalized spacial score (nSPS) is 24.8. The molecule has 1 aromatic heterocycles. The molecule has 0 bridgehead atoms. The van der Waals surface area contributed by atoms with Crippen molar-refractivity contribution in [2.75, 3.05) is 26.2 Å². The summed E-state index contributed by atoms with van der Waals surface area (Å²) in [5, 5.41) is 21.8. The molecule has 35 heavy (non-hydrogen) atoms. The van der Waals surface area contributed by atoms with Crippen molar-refractivity contribution < 1.29 is 9.59 Å². The van der Waals surface area contributed by atoms with Gasteiger partial charge in [-0.3, -0.25) is 9.59 Å². The average Bonchev–Trinajstić information content (AvgIpc) is 3.61. The van der Waals surface area contributed by atoms with Gasteiger partial charge in [0.15, 0.2) is 0 Å². The first kappa shape index (κ1) is 20.2.